The molecule has 1 unspecified atom stereocenters. The van der Waals surface area contributed by atoms with Crippen LogP contribution in [0.5, 0.6) is 11.5 Å². The Kier molecular flexibility index (Phi) is 4.89. The van der Waals surface area contributed by atoms with Crippen molar-refractivity contribution in [1.29, 1.82) is 5.26 Å². The van der Waals surface area contributed by atoms with Crippen LogP contribution in [0.25, 0.3) is 0 Å². The molecule has 0 spiro atoms. The fourth-order valence-electron chi connectivity index (χ4n) is 1.88. The molecule has 0 radical (unpaired) electrons. The van der Waals surface area contributed by atoms with Gasteiger partial charge in [-0.25, -0.2) is 0 Å². The van der Waals surface area contributed by atoms with E-state index < -0.39 is 11.9 Å². The van der Waals surface area contributed by atoms with Gasteiger partial charge in [-0.2, -0.15) is 5.26 Å². The van der Waals surface area contributed by atoms with Crippen LogP contribution in [0.4, 0.5) is 0 Å². The number of hydrogen-bond acceptors (Lipinski definition) is 5. The lowest BCUT2D eigenvalue weighted by Gasteiger charge is -2.16. The number of benzene rings is 1. The number of halogens is 1. The van der Waals surface area contributed by atoms with Crippen LogP contribution in [0.3, 0.4) is 0 Å². The standard InChI is InChI=1S/C14H16ClN3O3/c1-20-12-5-8(11(6-16)18-9-2-3-9)4-10(15)14(12)21-7-13(17)19/h4-5,9,11,18H,2-3,7H2,1H3,(H2,17,19). The maximum atomic E-state index is 10.8. The molecule has 1 fully saturated rings. The molecule has 0 aliphatic heterocycles. The lowest BCUT2D eigenvalue weighted by Crippen LogP contribution is -2.22. The summed E-state index contributed by atoms with van der Waals surface area (Å²) in [5, 5.41) is 12.7. The highest BCUT2D eigenvalue weighted by atomic mass is 35.5. The summed E-state index contributed by atoms with van der Waals surface area (Å²) in [5.74, 6) is -0.0103. The Hall–Kier alpha value is -1.97. The van der Waals surface area contributed by atoms with Crippen LogP contribution in [-0.4, -0.2) is 25.7 Å². The molecule has 6 nitrogen and oxygen atoms in total. The minimum atomic E-state index is -0.609. The van der Waals surface area contributed by atoms with Gasteiger partial charge in [-0.05, 0) is 30.5 Å². The van der Waals surface area contributed by atoms with Crippen LogP contribution in [0.2, 0.25) is 5.02 Å². The van der Waals surface area contributed by atoms with Crippen molar-refractivity contribution in [3.8, 4) is 17.6 Å². The lowest BCUT2D eigenvalue weighted by molar-refractivity contribution is -0.119. The summed E-state index contributed by atoms with van der Waals surface area (Å²) < 4.78 is 10.5. The Bertz CT molecular complexity index is 582. The zero-order chi connectivity index (χ0) is 15.4. The van der Waals surface area contributed by atoms with E-state index in [1.807, 2.05) is 0 Å². The second-order valence-electron chi connectivity index (χ2n) is 4.79. The minimum absolute atomic E-state index is 0.241. The molecule has 7 heteroatoms. The molecule has 2 rings (SSSR count). The summed E-state index contributed by atoms with van der Waals surface area (Å²) in [5.41, 5.74) is 5.73. The highest BCUT2D eigenvalue weighted by molar-refractivity contribution is 6.32. The van der Waals surface area contributed by atoms with Crippen LogP contribution in [0.15, 0.2) is 12.1 Å². The van der Waals surface area contributed by atoms with E-state index >= 15 is 0 Å². The van der Waals surface area contributed by atoms with Crippen molar-refractivity contribution in [2.24, 2.45) is 5.73 Å². The Labute approximate surface area is 127 Å². The SMILES string of the molecule is COc1cc(C(C#N)NC2CC2)cc(Cl)c1OCC(N)=O. The largest absolute Gasteiger partial charge is 0.493 e. The third-order valence-electron chi connectivity index (χ3n) is 3.05. The van der Waals surface area contributed by atoms with E-state index in [2.05, 4.69) is 11.4 Å². The van der Waals surface area contributed by atoms with E-state index in [-0.39, 0.29) is 17.4 Å². The van der Waals surface area contributed by atoms with Crippen molar-refractivity contribution in [1.82, 2.24) is 5.32 Å². The number of carbonyl (C=O) groups excluding carboxylic acids is 1. The van der Waals surface area contributed by atoms with Crippen molar-refractivity contribution >= 4 is 17.5 Å². The first kappa shape index (κ1) is 15.4. The first-order valence-corrected chi connectivity index (χ1v) is 6.87. The monoisotopic (exact) mass is 309 g/mol. The number of carbonyl (C=O) groups is 1. The fourth-order valence-corrected chi connectivity index (χ4v) is 2.16. The average molecular weight is 310 g/mol. The highest BCUT2D eigenvalue weighted by Crippen LogP contribution is 2.38. The van der Waals surface area contributed by atoms with Crippen LogP contribution in [-0.2, 0) is 4.79 Å². The third-order valence-corrected chi connectivity index (χ3v) is 3.33. The molecule has 0 bridgehead atoms. The lowest BCUT2D eigenvalue weighted by atomic mass is 10.1. The summed E-state index contributed by atoms with van der Waals surface area (Å²) >= 11 is 6.16. The summed E-state index contributed by atoms with van der Waals surface area (Å²) in [6, 6.07) is 5.41. The zero-order valence-corrected chi connectivity index (χ0v) is 12.3. The number of nitrogens with zero attached hydrogens (tertiary/aromatic N) is 1. The van der Waals surface area contributed by atoms with Crippen molar-refractivity contribution < 1.29 is 14.3 Å². The van der Waals surface area contributed by atoms with E-state index in [0.29, 0.717) is 17.4 Å². The number of ether oxygens (including phenoxy) is 2. The summed E-state index contributed by atoms with van der Waals surface area (Å²) in [7, 11) is 1.46. The van der Waals surface area contributed by atoms with Crippen LogP contribution in [0, 0.1) is 11.3 Å². The van der Waals surface area contributed by atoms with Crippen molar-refractivity contribution in [2.45, 2.75) is 24.9 Å². The molecule has 1 saturated carbocycles. The van der Waals surface area contributed by atoms with Crippen LogP contribution >= 0.6 is 11.6 Å². The minimum Gasteiger partial charge on any atom is -0.493 e. The number of nitriles is 1. The molecular weight excluding hydrogens is 294 g/mol. The topological polar surface area (TPSA) is 97.4 Å². The van der Waals surface area contributed by atoms with Crippen molar-refractivity contribution in [3.63, 3.8) is 0 Å². The van der Waals surface area contributed by atoms with Gasteiger partial charge in [0.05, 0.1) is 18.2 Å². The number of hydrogen-bond donors (Lipinski definition) is 2. The van der Waals surface area contributed by atoms with Gasteiger partial charge in [0.25, 0.3) is 5.91 Å². The van der Waals surface area contributed by atoms with Gasteiger partial charge in [-0.1, -0.05) is 11.6 Å². The Balaban J connectivity index is 2.25. The van der Waals surface area contributed by atoms with Crippen LogP contribution in [0.1, 0.15) is 24.4 Å². The summed E-state index contributed by atoms with van der Waals surface area (Å²) in [6.45, 7) is -0.294. The Morgan fingerprint density at radius 2 is 2.33 bits per heavy atom. The van der Waals surface area contributed by atoms with E-state index in [9.17, 15) is 10.1 Å². The third kappa shape index (κ3) is 4.00. The normalized spacial score (nSPS) is 15.1. The van der Waals surface area contributed by atoms with Gasteiger partial charge < -0.3 is 15.2 Å². The number of primary amides is 1. The van der Waals surface area contributed by atoms with E-state index in [1.54, 1.807) is 12.1 Å². The smallest absolute Gasteiger partial charge is 0.255 e. The van der Waals surface area contributed by atoms with Crippen molar-refractivity contribution in [2.75, 3.05) is 13.7 Å². The molecule has 0 saturated heterocycles. The number of nitrogens with two attached hydrogens (primary N) is 1. The quantitative estimate of drug-likeness (QED) is 0.796. The molecule has 112 valence electrons. The number of nitrogens with one attached hydrogen (secondary N) is 1. The second-order valence-corrected chi connectivity index (χ2v) is 5.20. The predicted molar refractivity (Wildman–Crippen MR) is 77.2 cm³/mol. The molecule has 0 aromatic heterocycles. The van der Waals surface area contributed by atoms with E-state index in [1.165, 1.54) is 7.11 Å². The van der Waals surface area contributed by atoms with Crippen molar-refractivity contribution in [3.05, 3.63) is 22.7 Å². The average Bonchev–Trinajstić information content (AvgIpc) is 3.26. The first-order chi connectivity index (χ1) is 10.0. The molecule has 21 heavy (non-hydrogen) atoms. The molecule has 0 heterocycles. The van der Waals surface area contributed by atoms with Gasteiger partial charge in [0.2, 0.25) is 0 Å². The molecule has 1 aliphatic carbocycles. The molecule has 1 aromatic carbocycles. The Morgan fingerprint density at radius 3 is 2.86 bits per heavy atom. The van der Waals surface area contributed by atoms with E-state index in [4.69, 9.17) is 26.8 Å². The summed E-state index contributed by atoms with van der Waals surface area (Å²) in [4.78, 5) is 10.8. The van der Waals surface area contributed by atoms with E-state index in [0.717, 1.165) is 12.8 Å². The number of amides is 1. The summed E-state index contributed by atoms with van der Waals surface area (Å²) in [6.07, 6.45) is 2.14. The predicted octanol–water partition coefficient (Wildman–Crippen LogP) is 1.53. The van der Waals surface area contributed by atoms with Gasteiger partial charge in [-0.3, -0.25) is 10.1 Å². The highest BCUT2D eigenvalue weighted by Gasteiger charge is 2.26. The first-order valence-electron chi connectivity index (χ1n) is 6.49. The molecule has 1 atom stereocenters. The molecular formula is C14H16ClN3O3. The fraction of sp³-hybridized carbons (Fsp3) is 0.429. The molecule has 1 aromatic rings. The van der Waals surface area contributed by atoms with Crippen LogP contribution < -0.4 is 20.5 Å². The molecule has 3 N–H and O–H groups in total. The maximum absolute atomic E-state index is 10.8. The molecule has 1 amide bonds. The van der Waals surface area contributed by atoms with Gasteiger partial charge in [0, 0.05) is 6.04 Å². The van der Waals surface area contributed by atoms with Gasteiger partial charge in [0.15, 0.2) is 18.1 Å². The van der Waals surface area contributed by atoms with Gasteiger partial charge in [0.1, 0.15) is 6.04 Å². The number of rotatable bonds is 7. The second kappa shape index (κ2) is 6.66. The Morgan fingerprint density at radius 1 is 1.62 bits per heavy atom. The van der Waals surface area contributed by atoms with Gasteiger partial charge in [-0.15, -0.1) is 0 Å². The van der Waals surface area contributed by atoms with Gasteiger partial charge >= 0.3 is 0 Å². The molecule has 1 aliphatic rings. The zero-order valence-electron chi connectivity index (χ0n) is 11.6. The number of methoxy groups -OCH3 is 1. The maximum Gasteiger partial charge on any atom is 0.255 e.